The van der Waals surface area contributed by atoms with Gasteiger partial charge in [0.2, 0.25) is 11.7 Å². The van der Waals surface area contributed by atoms with Crippen LogP contribution in [-0.4, -0.2) is 54.5 Å². The van der Waals surface area contributed by atoms with Gasteiger partial charge in [0, 0.05) is 6.54 Å². The largest absolute Gasteiger partial charge is 0.464 e. The van der Waals surface area contributed by atoms with E-state index >= 15 is 0 Å². The minimum atomic E-state index is -1.03. The Kier molecular flexibility index (Phi) is 4.46. The van der Waals surface area contributed by atoms with Gasteiger partial charge in [0.1, 0.15) is 6.54 Å². The van der Waals surface area contributed by atoms with E-state index in [2.05, 4.69) is 10.7 Å². The average molecular weight is 322 g/mol. The monoisotopic (exact) mass is 322 g/mol. The van der Waals surface area contributed by atoms with Gasteiger partial charge in [0.05, 0.1) is 13.7 Å². The lowest BCUT2D eigenvalue weighted by molar-refractivity contribution is -0.137. The lowest BCUT2D eigenvalue weighted by atomic mass is 10.1. The number of carbonyl (C=O) groups is 3. The van der Waals surface area contributed by atoms with Gasteiger partial charge in [0.25, 0.3) is 0 Å². The summed E-state index contributed by atoms with van der Waals surface area (Å²) >= 11 is 0. The highest BCUT2D eigenvalue weighted by molar-refractivity contribution is 6.02. The minimum Gasteiger partial charge on any atom is -0.464 e. The second kappa shape index (κ2) is 6.03. The molecule has 0 N–H and O–H groups in total. The van der Waals surface area contributed by atoms with Gasteiger partial charge in [0.15, 0.2) is 0 Å². The third kappa shape index (κ3) is 3.07. The molecule has 2 atom stereocenters. The highest BCUT2D eigenvalue weighted by atomic mass is 19.1. The zero-order valence-corrected chi connectivity index (χ0v) is 13.3. The van der Waals surface area contributed by atoms with Gasteiger partial charge in [-0.3, -0.25) is 9.69 Å². The van der Waals surface area contributed by atoms with Crippen molar-refractivity contribution in [1.29, 1.82) is 0 Å². The van der Waals surface area contributed by atoms with E-state index in [9.17, 15) is 18.8 Å². The summed E-state index contributed by atoms with van der Waals surface area (Å²) in [4.78, 5) is 37.7. The first kappa shape index (κ1) is 17.0. The zero-order valence-electron chi connectivity index (χ0n) is 13.3. The van der Waals surface area contributed by atoms with Crippen LogP contribution in [0.3, 0.4) is 0 Å². The first-order chi connectivity index (χ1) is 10.7. The van der Waals surface area contributed by atoms with E-state index in [0.717, 1.165) is 12.0 Å². The molecule has 1 aliphatic heterocycles. The number of terminal acetylenes is 1. The van der Waals surface area contributed by atoms with Crippen LogP contribution in [0.25, 0.3) is 0 Å². The van der Waals surface area contributed by atoms with Gasteiger partial charge in [-0.2, -0.15) is 4.39 Å². The van der Waals surface area contributed by atoms with E-state index in [-0.39, 0.29) is 42.8 Å². The van der Waals surface area contributed by atoms with Crippen LogP contribution >= 0.6 is 0 Å². The maximum Gasteiger partial charge on any atom is 0.366 e. The predicted octanol–water partition coefficient (Wildman–Crippen LogP) is 1.18. The molecular formula is C16H19FN2O4. The Balaban J connectivity index is 2.07. The lowest BCUT2D eigenvalue weighted by Gasteiger charge is -2.15. The van der Waals surface area contributed by atoms with Crippen molar-refractivity contribution < 1.29 is 23.5 Å². The molecule has 2 aliphatic rings. The Morgan fingerprint density at radius 3 is 2.74 bits per heavy atom. The van der Waals surface area contributed by atoms with E-state index < -0.39 is 17.8 Å². The number of nitrogens with zero attached hydrogens (tertiary/aromatic N) is 2. The summed E-state index contributed by atoms with van der Waals surface area (Å²) in [6, 6.07) is -0.424. The van der Waals surface area contributed by atoms with Gasteiger partial charge >= 0.3 is 12.0 Å². The number of esters is 1. The summed E-state index contributed by atoms with van der Waals surface area (Å²) in [7, 11) is 1.10. The molecule has 0 radical (unpaired) electrons. The molecule has 23 heavy (non-hydrogen) atoms. The van der Waals surface area contributed by atoms with Crippen LogP contribution in [-0.2, 0) is 14.3 Å². The third-order valence-corrected chi connectivity index (χ3v) is 4.64. The number of urea groups is 1. The number of hydrogen-bond acceptors (Lipinski definition) is 4. The average Bonchev–Trinajstić information content (AvgIpc) is 2.88. The second-order valence-electron chi connectivity index (χ2n) is 6.31. The molecule has 3 amide bonds. The SMILES string of the molecule is C#CCN1CC(=O)N(C[C@@H]2C(/C=C(\F)C(=O)OC)C2(C)C)C1=O. The minimum absolute atomic E-state index is 0.0345. The fourth-order valence-corrected chi connectivity index (χ4v) is 2.99. The van der Waals surface area contributed by atoms with Crippen molar-refractivity contribution in [3.63, 3.8) is 0 Å². The number of imide groups is 1. The fourth-order valence-electron chi connectivity index (χ4n) is 2.99. The van der Waals surface area contributed by atoms with Crippen molar-refractivity contribution in [3.8, 4) is 12.3 Å². The Morgan fingerprint density at radius 1 is 1.52 bits per heavy atom. The van der Waals surface area contributed by atoms with Gasteiger partial charge in [-0.15, -0.1) is 6.42 Å². The molecule has 0 aromatic carbocycles. The van der Waals surface area contributed by atoms with Crippen LogP contribution < -0.4 is 0 Å². The summed E-state index contributed by atoms with van der Waals surface area (Å²) in [5.74, 6) is -0.326. The molecule has 1 saturated carbocycles. The molecule has 1 aliphatic carbocycles. The number of allylic oxidation sites excluding steroid dienone is 1. The van der Waals surface area contributed by atoms with E-state index in [1.54, 1.807) is 0 Å². The van der Waals surface area contributed by atoms with E-state index in [4.69, 9.17) is 6.42 Å². The molecule has 7 heteroatoms. The number of hydrogen-bond donors (Lipinski definition) is 0. The van der Waals surface area contributed by atoms with Crippen molar-refractivity contribution in [1.82, 2.24) is 9.80 Å². The molecular weight excluding hydrogens is 303 g/mol. The van der Waals surface area contributed by atoms with E-state index in [1.807, 2.05) is 13.8 Å². The number of carbonyl (C=O) groups excluding carboxylic acids is 3. The number of rotatable bonds is 5. The molecule has 6 nitrogen and oxygen atoms in total. The fraction of sp³-hybridized carbons (Fsp3) is 0.562. The zero-order chi connectivity index (χ0) is 17.4. The summed E-state index contributed by atoms with van der Waals surface area (Å²) in [5.41, 5.74) is -0.314. The van der Waals surface area contributed by atoms with Gasteiger partial charge < -0.3 is 9.64 Å². The maximum absolute atomic E-state index is 13.6. The molecule has 2 rings (SSSR count). The summed E-state index contributed by atoms with van der Waals surface area (Å²) in [6.45, 7) is 4.02. The van der Waals surface area contributed by atoms with Crippen LogP contribution in [0.15, 0.2) is 11.9 Å². The number of methoxy groups -OCH3 is 1. The Bertz CT molecular complexity index is 620. The Hall–Kier alpha value is -2.36. The van der Waals surface area contributed by atoms with Crippen LogP contribution in [0, 0.1) is 29.6 Å². The third-order valence-electron chi connectivity index (χ3n) is 4.64. The molecule has 1 saturated heterocycles. The molecule has 1 unspecified atom stereocenters. The van der Waals surface area contributed by atoms with Crippen molar-refractivity contribution >= 4 is 17.9 Å². The molecule has 124 valence electrons. The van der Waals surface area contributed by atoms with Crippen molar-refractivity contribution in [3.05, 3.63) is 11.9 Å². The normalized spacial score (nSPS) is 26.3. The van der Waals surface area contributed by atoms with Crippen molar-refractivity contribution in [2.75, 3.05) is 26.7 Å². The highest BCUT2D eigenvalue weighted by Gasteiger charge is 2.58. The van der Waals surface area contributed by atoms with Gasteiger partial charge in [-0.1, -0.05) is 19.8 Å². The predicted molar refractivity (Wildman–Crippen MR) is 79.5 cm³/mol. The number of amides is 3. The van der Waals surface area contributed by atoms with Crippen LogP contribution in [0.2, 0.25) is 0 Å². The number of ether oxygens (including phenoxy) is 1. The van der Waals surface area contributed by atoms with E-state index in [1.165, 1.54) is 11.0 Å². The maximum atomic E-state index is 13.6. The molecule has 0 aromatic heterocycles. The van der Waals surface area contributed by atoms with Crippen molar-refractivity contribution in [2.24, 2.45) is 17.3 Å². The summed E-state index contributed by atoms with van der Waals surface area (Å²) < 4.78 is 18.0. The smallest absolute Gasteiger partial charge is 0.366 e. The first-order valence-electron chi connectivity index (χ1n) is 7.22. The van der Waals surface area contributed by atoms with Gasteiger partial charge in [-0.25, -0.2) is 9.59 Å². The molecule has 2 fully saturated rings. The number of halogens is 1. The molecule has 0 aromatic rings. The molecule has 0 spiro atoms. The highest BCUT2D eigenvalue weighted by Crippen LogP contribution is 2.59. The summed E-state index contributed by atoms with van der Waals surface area (Å²) in [5, 5.41) is 0. The Morgan fingerprint density at radius 2 is 2.17 bits per heavy atom. The van der Waals surface area contributed by atoms with Crippen LogP contribution in [0.4, 0.5) is 9.18 Å². The second-order valence-corrected chi connectivity index (χ2v) is 6.31. The Labute approximate surface area is 134 Å². The summed E-state index contributed by atoms with van der Waals surface area (Å²) in [6.07, 6.45) is 6.38. The molecule has 1 heterocycles. The van der Waals surface area contributed by atoms with E-state index in [0.29, 0.717) is 0 Å². The first-order valence-corrected chi connectivity index (χ1v) is 7.22. The van der Waals surface area contributed by atoms with Crippen molar-refractivity contribution in [2.45, 2.75) is 13.8 Å². The topological polar surface area (TPSA) is 66.9 Å². The van der Waals surface area contributed by atoms with Gasteiger partial charge in [-0.05, 0) is 23.3 Å². The lowest BCUT2D eigenvalue weighted by Crippen LogP contribution is -2.35. The van der Waals surface area contributed by atoms with Crippen LogP contribution in [0.1, 0.15) is 13.8 Å². The van der Waals surface area contributed by atoms with Crippen LogP contribution in [0.5, 0.6) is 0 Å². The standard InChI is InChI=1S/C16H19FN2O4/c1-5-6-18-9-13(20)19(15(18)22)8-11-10(16(11,2)3)7-12(17)14(21)23-4/h1,7,10-11H,6,8-9H2,2-4H3/b12-7-/t10?,11-/m1/s1. The molecule has 0 bridgehead atoms. The quantitative estimate of drug-likeness (QED) is 0.330.